The average Bonchev–Trinajstić information content (AvgIpc) is 3.43. The van der Waals surface area contributed by atoms with Crippen molar-refractivity contribution in [3.8, 4) is 0 Å². The first-order valence-corrected chi connectivity index (χ1v) is 37.6. The van der Waals surface area contributed by atoms with Crippen molar-refractivity contribution in [1.82, 2.24) is 9.80 Å². The number of ether oxygens (including phenoxy) is 2. The van der Waals surface area contributed by atoms with Crippen LogP contribution >= 0.6 is 21.6 Å². The van der Waals surface area contributed by atoms with Crippen molar-refractivity contribution in [3.05, 3.63) is 0 Å². The third-order valence-electron chi connectivity index (χ3n) is 16.2. The number of nitrogens with zero attached hydrogens (tertiary/aromatic N) is 2. The lowest BCUT2D eigenvalue weighted by molar-refractivity contribution is -0.144. The van der Waals surface area contributed by atoms with Gasteiger partial charge in [0.25, 0.3) is 0 Å². The Bertz CT molecular complexity index is 1070. The molecule has 0 rings (SSSR count). The molecule has 0 heterocycles. The van der Waals surface area contributed by atoms with Gasteiger partial charge in [0, 0.05) is 24.5 Å². The van der Waals surface area contributed by atoms with E-state index in [4.69, 9.17) is 9.47 Å². The summed E-state index contributed by atoms with van der Waals surface area (Å²) in [4.78, 5) is 30.6. The summed E-state index contributed by atoms with van der Waals surface area (Å²) in [5.74, 6) is 1.42. The van der Waals surface area contributed by atoms with Gasteiger partial charge in [0.1, 0.15) is 13.2 Å². The smallest absolute Gasteiger partial charge is 0.307 e. The van der Waals surface area contributed by atoms with Gasteiger partial charge in [0.05, 0.1) is 6.42 Å². The Hall–Kier alpha value is -0.440. The summed E-state index contributed by atoms with van der Waals surface area (Å²) in [5, 5.41) is 0. The fourth-order valence-electron chi connectivity index (χ4n) is 11.0. The second-order valence-corrected chi connectivity index (χ2v) is 26.6. The fourth-order valence-corrected chi connectivity index (χ4v) is 12.7. The monoisotopic (exact) mass is 1120 g/mol. The molecule has 0 amide bonds. The van der Waals surface area contributed by atoms with E-state index in [1.807, 2.05) is 0 Å². The third-order valence-corrected chi connectivity index (χ3v) is 18.6. The quantitative estimate of drug-likeness (QED) is 0.0339. The van der Waals surface area contributed by atoms with Gasteiger partial charge in [-0.05, 0) is 71.2 Å². The Kier molecular flexibility index (Phi) is 67.7. The fraction of sp³-hybridized carbons (Fsp3) is 0.971. The van der Waals surface area contributed by atoms with Gasteiger partial charge < -0.3 is 19.3 Å². The van der Waals surface area contributed by atoms with Crippen LogP contribution in [0.4, 0.5) is 0 Å². The molecule has 0 aliphatic rings. The van der Waals surface area contributed by atoms with E-state index in [1.54, 1.807) is 21.6 Å². The van der Waals surface area contributed by atoms with Crippen LogP contribution in [-0.4, -0.2) is 85.7 Å². The van der Waals surface area contributed by atoms with Crippen LogP contribution in [0.15, 0.2) is 0 Å². The molecule has 0 fully saturated rings. The Balaban J connectivity index is 4.33. The summed E-state index contributed by atoms with van der Waals surface area (Å²) < 4.78 is 11.3. The van der Waals surface area contributed by atoms with Crippen LogP contribution in [0.25, 0.3) is 0 Å². The predicted octanol–water partition coefficient (Wildman–Crippen LogP) is 22.8. The maximum atomic E-state index is 12.8. The molecule has 0 radical (unpaired) electrons. The van der Waals surface area contributed by atoms with Crippen LogP contribution in [0, 0.1) is 0 Å². The van der Waals surface area contributed by atoms with E-state index in [9.17, 15) is 9.59 Å². The molecular formula is C69H138N2O4S2. The van der Waals surface area contributed by atoms with Gasteiger partial charge >= 0.3 is 11.9 Å². The van der Waals surface area contributed by atoms with Crippen LogP contribution in [0.1, 0.15) is 368 Å². The summed E-state index contributed by atoms with van der Waals surface area (Å²) in [6.45, 7) is 16.8. The second-order valence-electron chi connectivity index (χ2n) is 23.9. The van der Waals surface area contributed by atoms with Gasteiger partial charge in [-0.2, -0.15) is 0 Å². The molecule has 0 saturated carbocycles. The number of hydrogen-bond acceptors (Lipinski definition) is 8. The lowest BCUT2D eigenvalue weighted by atomic mass is 10.0. The molecular weight excluding hydrogens is 985 g/mol. The first-order chi connectivity index (χ1) is 38.1. The van der Waals surface area contributed by atoms with E-state index in [-0.39, 0.29) is 11.9 Å². The summed E-state index contributed by atoms with van der Waals surface area (Å²) in [5.41, 5.74) is 0. The zero-order valence-electron chi connectivity index (χ0n) is 52.9. The van der Waals surface area contributed by atoms with E-state index >= 15 is 0 Å². The summed E-state index contributed by atoms with van der Waals surface area (Å²) in [7, 11) is 3.42. The second kappa shape index (κ2) is 68.1. The number of hydrogen-bond donors (Lipinski definition) is 0. The van der Waals surface area contributed by atoms with Crippen molar-refractivity contribution in [2.75, 3.05) is 64.0 Å². The van der Waals surface area contributed by atoms with Crippen LogP contribution in [-0.2, 0) is 19.1 Å². The van der Waals surface area contributed by atoms with Crippen LogP contribution in [0.2, 0.25) is 0 Å². The van der Waals surface area contributed by atoms with Crippen molar-refractivity contribution >= 4 is 33.5 Å². The van der Waals surface area contributed by atoms with Crippen molar-refractivity contribution in [2.45, 2.75) is 368 Å². The van der Waals surface area contributed by atoms with Gasteiger partial charge in [0.2, 0.25) is 0 Å². The molecule has 0 N–H and O–H groups in total. The zero-order valence-corrected chi connectivity index (χ0v) is 54.5. The van der Waals surface area contributed by atoms with Crippen molar-refractivity contribution < 1.29 is 19.1 Å². The maximum absolute atomic E-state index is 12.8. The third kappa shape index (κ3) is 64.6. The van der Waals surface area contributed by atoms with Crippen molar-refractivity contribution in [1.29, 1.82) is 0 Å². The number of unbranched alkanes of at least 4 members (excludes halogenated alkanes) is 46. The SMILES string of the molecule is CCCCCCCCCCCCCCN(CCCCCCCCCCCCCC)CCCCCC(=O)OCCSSCCOC(=O)CCN(CCCCCCCCCCCCCC)CCCCCCCCCCCCCC. The van der Waals surface area contributed by atoms with Crippen molar-refractivity contribution in [3.63, 3.8) is 0 Å². The van der Waals surface area contributed by atoms with Gasteiger partial charge in [0.15, 0.2) is 0 Å². The predicted molar refractivity (Wildman–Crippen MR) is 347 cm³/mol. The number of esters is 2. The zero-order chi connectivity index (χ0) is 55.7. The Morgan fingerprint density at radius 1 is 0.247 bits per heavy atom. The molecule has 0 bridgehead atoms. The Morgan fingerprint density at radius 2 is 0.442 bits per heavy atom. The minimum atomic E-state index is -0.0641. The summed E-state index contributed by atoms with van der Waals surface area (Å²) in [6.07, 6.45) is 70.9. The standard InChI is InChI=1S/C69H138N2O4S2/c1-5-9-13-17-21-25-29-33-37-41-45-51-58-70(59-52-46-42-38-34-30-26-22-18-14-10-6-2)60-55-49-50-56-68(72)74-64-66-76-77-67-65-75-69(73)57-63-71(61-53-47-43-39-35-31-27-23-19-15-11-7-3)62-54-48-44-40-36-32-28-24-20-16-12-8-4/h5-67H2,1-4H3. The molecule has 0 aliphatic carbocycles. The van der Waals surface area contributed by atoms with Gasteiger partial charge in [-0.25, -0.2) is 0 Å². The molecule has 460 valence electrons. The van der Waals surface area contributed by atoms with Crippen LogP contribution in [0.3, 0.4) is 0 Å². The largest absolute Gasteiger partial charge is 0.465 e. The molecule has 8 heteroatoms. The molecule has 0 aromatic heterocycles. The van der Waals surface area contributed by atoms with Gasteiger partial charge in [-0.3, -0.25) is 9.59 Å². The first kappa shape index (κ1) is 76.6. The Labute approximate surface area is 491 Å². The molecule has 0 saturated heterocycles. The highest BCUT2D eigenvalue weighted by molar-refractivity contribution is 8.76. The van der Waals surface area contributed by atoms with Gasteiger partial charge in [-0.1, -0.05) is 338 Å². The highest BCUT2D eigenvalue weighted by Crippen LogP contribution is 2.21. The molecule has 0 spiro atoms. The summed E-state index contributed by atoms with van der Waals surface area (Å²) in [6, 6.07) is 0. The number of rotatable bonds is 68. The van der Waals surface area contributed by atoms with E-state index in [2.05, 4.69) is 37.5 Å². The Morgan fingerprint density at radius 3 is 0.688 bits per heavy atom. The molecule has 0 aromatic carbocycles. The molecule has 0 atom stereocenters. The van der Waals surface area contributed by atoms with Gasteiger partial charge in [-0.15, -0.1) is 0 Å². The van der Waals surface area contributed by atoms with Crippen LogP contribution in [0.5, 0.6) is 0 Å². The minimum absolute atomic E-state index is 0.0546. The first-order valence-electron chi connectivity index (χ1n) is 35.1. The molecule has 0 aromatic rings. The molecule has 0 unspecified atom stereocenters. The van der Waals surface area contributed by atoms with E-state index in [0.29, 0.717) is 26.1 Å². The molecule has 0 aliphatic heterocycles. The minimum Gasteiger partial charge on any atom is -0.465 e. The van der Waals surface area contributed by atoms with E-state index < -0.39 is 0 Å². The molecule has 77 heavy (non-hydrogen) atoms. The van der Waals surface area contributed by atoms with E-state index in [1.165, 1.54) is 334 Å². The lowest BCUT2D eigenvalue weighted by Crippen LogP contribution is -2.29. The average molecular weight is 1120 g/mol. The lowest BCUT2D eigenvalue weighted by Gasteiger charge is -2.22. The number of carbonyl (C=O) groups excluding carboxylic acids is 2. The molecule has 6 nitrogen and oxygen atoms in total. The van der Waals surface area contributed by atoms with E-state index in [0.717, 1.165) is 44.0 Å². The normalized spacial score (nSPS) is 11.7. The van der Waals surface area contributed by atoms with Crippen LogP contribution < -0.4 is 0 Å². The highest BCUT2D eigenvalue weighted by atomic mass is 33.1. The summed E-state index contributed by atoms with van der Waals surface area (Å²) >= 11 is 0. The highest BCUT2D eigenvalue weighted by Gasteiger charge is 2.11. The maximum Gasteiger partial charge on any atom is 0.307 e. The topological polar surface area (TPSA) is 59.1 Å². The number of carbonyl (C=O) groups is 2. The van der Waals surface area contributed by atoms with Crippen molar-refractivity contribution in [2.24, 2.45) is 0 Å².